The van der Waals surface area contributed by atoms with Crippen LogP contribution in [0.5, 0.6) is 5.88 Å². The number of hydrogen-bond acceptors (Lipinski definition) is 4. The van der Waals surface area contributed by atoms with Gasteiger partial charge in [0.2, 0.25) is 11.8 Å². The molecule has 0 unspecified atom stereocenters. The number of carbonyl (C=O) groups is 2. The first-order valence-electron chi connectivity index (χ1n) is 7.86. The van der Waals surface area contributed by atoms with Crippen molar-refractivity contribution in [3.8, 4) is 5.88 Å². The van der Waals surface area contributed by atoms with Gasteiger partial charge in [-0.2, -0.15) is 0 Å². The van der Waals surface area contributed by atoms with Crippen molar-refractivity contribution in [1.82, 2.24) is 15.2 Å². The molecule has 120 valence electrons. The van der Waals surface area contributed by atoms with Gasteiger partial charge in [0.1, 0.15) is 5.56 Å². The van der Waals surface area contributed by atoms with Crippen LogP contribution in [0.15, 0.2) is 18.3 Å². The minimum Gasteiger partial charge on any atom is -0.477 e. The van der Waals surface area contributed by atoms with Crippen molar-refractivity contribution in [2.75, 3.05) is 26.2 Å². The third-order valence-corrected chi connectivity index (χ3v) is 3.64. The van der Waals surface area contributed by atoms with E-state index in [-0.39, 0.29) is 11.8 Å². The Labute approximate surface area is 130 Å². The molecule has 1 N–H and O–H groups in total. The number of likely N-dealkylation sites (tertiary alicyclic amines) is 1. The Hall–Kier alpha value is -2.11. The molecule has 2 amide bonds. The highest BCUT2D eigenvalue weighted by Crippen LogP contribution is 2.14. The molecule has 0 atom stereocenters. The van der Waals surface area contributed by atoms with Gasteiger partial charge in [0.05, 0.1) is 6.61 Å². The average Bonchev–Trinajstić information content (AvgIpc) is 2.73. The standard InChI is InChI=1S/C16H23N3O3/c1-2-22-16-13(7-6-9-18-16)15(21)17-10-12-19-11-5-3-4-8-14(19)20/h6-7,9H,2-5,8,10-12H2,1H3,(H,17,21). The van der Waals surface area contributed by atoms with Crippen LogP contribution in [0, 0.1) is 0 Å². The normalized spacial score (nSPS) is 15.3. The maximum atomic E-state index is 12.2. The fourth-order valence-electron chi connectivity index (χ4n) is 2.49. The molecule has 2 heterocycles. The largest absolute Gasteiger partial charge is 0.477 e. The Morgan fingerprint density at radius 3 is 3.09 bits per heavy atom. The number of rotatable bonds is 6. The summed E-state index contributed by atoms with van der Waals surface area (Å²) in [5.74, 6) is 0.301. The van der Waals surface area contributed by atoms with Gasteiger partial charge < -0.3 is 15.0 Å². The van der Waals surface area contributed by atoms with Crippen LogP contribution in [0.3, 0.4) is 0 Å². The van der Waals surface area contributed by atoms with Gasteiger partial charge >= 0.3 is 0 Å². The molecule has 1 aromatic rings. The van der Waals surface area contributed by atoms with E-state index in [0.29, 0.717) is 37.6 Å². The summed E-state index contributed by atoms with van der Waals surface area (Å²) in [6.07, 6.45) is 5.32. The molecular formula is C16H23N3O3. The number of pyridine rings is 1. The van der Waals surface area contributed by atoms with Crippen LogP contribution in [0.2, 0.25) is 0 Å². The Balaban J connectivity index is 1.86. The molecule has 0 saturated carbocycles. The number of carbonyl (C=O) groups excluding carboxylic acids is 2. The number of ether oxygens (including phenoxy) is 1. The van der Waals surface area contributed by atoms with E-state index in [1.165, 1.54) is 0 Å². The van der Waals surface area contributed by atoms with Crippen molar-refractivity contribution in [3.63, 3.8) is 0 Å². The maximum Gasteiger partial charge on any atom is 0.256 e. The summed E-state index contributed by atoms with van der Waals surface area (Å²) >= 11 is 0. The van der Waals surface area contributed by atoms with Crippen molar-refractivity contribution in [2.24, 2.45) is 0 Å². The highest BCUT2D eigenvalue weighted by molar-refractivity contribution is 5.96. The number of aromatic nitrogens is 1. The van der Waals surface area contributed by atoms with E-state index in [9.17, 15) is 9.59 Å². The molecule has 6 nitrogen and oxygen atoms in total. The van der Waals surface area contributed by atoms with E-state index in [2.05, 4.69) is 10.3 Å². The first-order valence-corrected chi connectivity index (χ1v) is 7.86. The molecule has 0 radical (unpaired) electrons. The first-order chi connectivity index (χ1) is 10.7. The molecule has 1 aromatic heterocycles. The predicted octanol–water partition coefficient (Wildman–Crippen LogP) is 1.61. The molecule has 1 aliphatic rings. The summed E-state index contributed by atoms with van der Waals surface area (Å²) in [6, 6.07) is 3.39. The van der Waals surface area contributed by atoms with Crippen LogP contribution < -0.4 is 10.1 Å². The minimum atomic E-state index is -0.223. The summed E-state index contributed by atoms with van der Waals surface area (Å²) in [4.78, 5) is 30.0. The quantitative estimate of drug-likeness (QED) is 0.867. The predicted molar refractivity (Wildman–Crippen MR) is 82.8 cm³/mol. The lowest BCUT2D eigenvalue weighted by Crippen LogP contribution is -2.38. The maximum absolute atomic E-state index is 12.2. The highest BCUT2D eigenvalue weighted by atomic mass is 16.5. The second-order valence-corrected chi connectivity index (χ2v) is 5.24. The van der Waals surface area contributed by atoms with Gasteiger partial charge in [-0.1, -0.05) is 6.42 Å². The third kappa shape index (κ3) is 4.44. The van der Waals surface area contributed by atoms with E-state index >= 15 is 0 Å². The third-order valence-electron chi connectivity index (χ3n) is 3.64. The number of hydrogen-bond donors (Lipinski definition) is 1. The van der Waals surface area contributed by atoms with Crippen LogP contribution >= 0.6 is 0 Å². The lowest BCUT2D eigenvalue weighted by Gasteiger charge is -2.20. The molecule has 22 heavy (non-hydrogen) atoms. The van der Waals surface area contributed by atoms with E-state index < -0.39 is 0 Å². The molecule has 0 bridgehead atoms. The summed E-state index contributed by atoms with van der Waals surface area (Å²) in [7, 11) is 0. The Morgan fingerprint density at radius 1 is 1.41 bits per heavy atom. The first kappa shape index (κ1) is 16.3. The zero-order valence-corrected chi connectivity index (χ0v) is 13.0. The molecule has 0 aliphatic carbocycles. The van der Waals surface area contributed by atoms with Gasteiger partial charge in [-0.05, 0) is 31.9 Å². The minimum absolute atomic E-state index is 0.183. The molecule has 1 saturated heterocycles. The second kappa shape index (κ2) is 8.36. The topological polar surface area (TPSA) is 71.5 Å². The Bertz CT molecular complexity index is 519. The Kier molecular flexibility index (Phi) is 6.18. The van der Waals surface area contributed by atoms with Crippen molar-refractivity contribution in [1.29, 1.82) is 0 Å². The number of nitrogens with zero attached hydrogens (tertiary/aromatic N) is 2. The van der Waals surface area contributed by atoms with Gasteiger partial charge in [0.25, 0.3) is 5.91 Å². The monoisotopic (exact) mass is 305 g/mol. The Morgan fingerprint density at radius 2 is 2.27 bits per heavy atom. The van der Waals surface area contributed by atoms with E-state index in [0.717, 1.165) is 25.8 Å². The zero-order valence-electron chi connectivity index (χ0n) is 13.0. The molecule has 0 spiro atoms. The lowest BCUT2D eigenvalue weighted by molar-refractivity contribution is -0.130. The van der Waals surface area contributed by atoms with Crippen LogP contribution in [0.25, 0.3) is 0 Å². The molecule has 1 aliphatic heterocycles. The van der Waals surface area contributed by atoms with Gasteiger partial charge in [-0.3, -0.25) is 9.59 Å². The van der Waals surface area contributed by atoms with E-state index in [4.69, 9.17) is 4.74 Å². The van der Waals surface area contributed by atoms with Gasteiger partial charge in [-0.25, -0.2) is 4.98 Å². The van der Waals surface area contributed by atoms with Crippen molar-refractivity contribution >= 4 is 11.8 Å². The molecule has 2 rings (SSSR count). The molecule has 6 heteroatoms. The summed E-state index contributed by atoms with van der Waals surface area (Å²) in [6.45, 7) is 4.08. The fourth-order valence-corrected chi connectivity index (χ4v) is 2.49. The lowest BCUT2D eigenvalue weighted by atomic mass is 10.2. The van der Waals surface area contributed by atoms with Gasteiger partial charge in [0.15, 0.2) is 0 Å². The van der Waals surface area contributed by atoms with Crippen molar-refractivity contribution in [3.05, 3.63) is 23.9 Å². The van der Waals surface area contributed by atoms with Crippen molar-refractivity contribution in [2.45, 2.75) is 32.6 Å². The van der Waals surface area contributed by atoms with Crippen LogP contribution in [-0.2, 0) is 4.79 Å². The zero-order chi connectivity index (χ0) is 15.8. The molecular weight excluding hydrogens is 282 g/mol. The van der Waals surface area contributed by atoms with Crippen molar-refractivity contribution < 1.29 is 14.3 Å². The van der Waals surface area contributed by atoms with Crippen LogP contribution in [0.1, 0.15) is 43.0 Å². The summed E-state index contributed by atoms with van der Waals surface area (Å²) in [5, 5.41) is 2.83. The van der Waals surface area contributed by atoms with E-state index in [1.807, 2.05) is 11.8 Å². The summed E-state index contributed by atoms with van der Waals surface area (Å²) in [5.41, 5.74) is 0.423. The highest BCUT2D eigenvalue weighted by Gasteiger charge is 2.17. The van der Waals surface area contributed by atoms with Gasteiger partial charge in [-0.15, -0.1) is 0 Å². The smallest absolute Gasteiger partial charge is 0.256 e. The number of nitrogens with one attached hydrogen (secondary N) is 1. The van der Waals surface area contributed by atoms with E-state index in [1.54, 1.807) is 18.3 Å². The summed E-state index contributed by atoms with van der Waals surface area (Å²) < 4.78 is 5.35. The van der Waals surface area contributed by atoms with Crippen LogP contribution in [-0.4, -0.2) is 47.9 Å². The SMILES string of the molecule is CCOc1ncccc1C(=O)NCCN1CCCCCC1=O. The molecule has 0 aromatic carbocycles. The number of amides is 2. The van der Waals surface area contributed by atoms with Crippen LogP contribution in [0.4, 0.5) is 0 Å². The second-order valence-electron chi connectivity index (χ2n) is 5.24. The fraction of sp³-hybridized carbons (Fsp3) is 0.562. The average molecular weight is 305 g/mol. The van der Waals surface area contributed by atoms with Gasteiger partial charge in [0, 0.05) is 32.3 Å². The molecule has 1 fully saturated rings.